The molecule has 0 saturated carbocycles. The van der Waals surface area contributed by atoms with Crippen LogP contribution in [0.15, 0.2) is 73.1 Å². The smallest absolute Gasteiger partial charge is 0.248 e. The minimum absolute atomic E-state index is 0.133. The number of amides is 1. The van der Waals surface area contributed by atoms with Crippen molar-refractivity contribution in [3.63, 3.8) is 0 Å². The van der Waals surface area contributed by atoms with Crippen molar-refractivity contribution in [2.45, 2.75) is 26.1 Å². The molecule has 1 fully saturated rings. The second kappa shape index (κ2) is 12.5. The summed E-state index contributed by atoms with van der Waals surface area (Å²) >= 11 is 6.52. The Morgan fingerprint density at radius 1 is 1.23 bits per heavy atom. The summed E-state index contributed by atoms with van der Waals surface area (Å²) in [6, 6.07) is 16.6. The van der Waals surface area contributed by atoms with Crippen molar-refractivity contribution >= 4 is 45.5 Å². The first-order chi connectivity index (χ1) is 19.5. The van der Waals surface area contributed by atoms with E-state index in [1.54, 1.807) is 49.5 Å². The molecule has 2 N–H and O–H groups in total. The van der Waals surface area contributed by atoms with E-state index in [4.69, 9.17) is 25.8 Å². The lowest BCUT2D eigenvalue weighted by atomic mass is 10.1. The Morgan fingerprint density at radius 2 is 2.12 bits per heavy atom. The van der Waals surface area contributed by atoms with Crippen LogP contribution in [0, 0.1) is 11.3 Å². The number of nitrogens with zero attached hydrogens (tertiary/aromatic N) is 3. The number of aromatic nitrogens is 2. The van der Waals surface area contributed by atoms with E-state index in [0.29, 0.717) is 63.3 Å². The molecule has 0 radical (unpaired) electrons. The number of pyridine rings is 2. The van der Waals surface area contributed by atoms with Crippen molar-refractivity contribution in [3.05, 3.63) is 89.4 Å². The molecular formula is C30H26ClN5O4. The molecular weight excluding hydrogens is 530 g/mol. The van der Waals surface area contributed by atoms with Gasteiger partial charge >= 0.3 is 0 Å². The van der Waals surface area contributed by atoms with Crippen LogP contribution in [-0.2, 0) is 16.1 Å². The number of hydrogen-bond donors (Lipinski definition) is 2. The highest BCUT2D eigenvalue weighted by Gasteiger charge is 2.21. The van der Waals surface area contributed by atoms with E-state index in [2.05, 4.69) is 26.7 Å². The van der Waals surface area contributed by atoms with E-state index in [0.717, 1.165) is 12.1 Å². The minimum Gasteiger partial charge on any atom is -0.486 e. The number of benzene rings is 2. The van der Waals surface area contributed by atoms with Gasteiger partial charge in [-0.15, -0.1) is 0 Å². The van der Waals surface area contributed by atoms with E-state index in [1.165, 1.54) is 12.3 Å². The Hall–Kier alpha value is -4.65. The van der Waals surface area contributed by atoms with Crippen LogP contribution < -0.4 is 20.1 Å². The standard InChI is InChI=1S/C30H26ClN5O4/c1-2-5-29(37)36-26-13-23-25(14-28(26)40-22-9-11-38-18-22)34-16-19(15-32)30(23)35-20-7-8-27(24(31)12-20)39-17-21-6-3-4-10-33-21/h2-8,10,12-14,16,22H,9,11,17-18H2,1H3,(H,34,35)(H,36,37). The molecule has 1 atom stereocenters. The molecule has 3 heterocycles. The third-order valence-corrected chi connectivity index (χ3v) is 6.45. The largest absolute Gasteiger partial charge is 0.486 e. The number of anilines is 3. The normalized spacial score (nSPS) is 14.7. The number of nitrogens with one attached hydrogen (secondary N) is 2. The second-order valence-electron chi connectivity index (χ2n) is 9.00. The van der Waals surface area contributed by atoms with Crippen LogP contribution in [0.5, 0.6) is 11.5 Å². The fraction of sp³-hybridized carbons (Fsp3) is 0.200. The van der Waals surface area contributed by atoms with Gasteiger partial charge in [0.05, 0.1) is 46.4 Å². The number of nitriles is 1. The third kappa shape index (κ3) is 6.31. The van der Waals surface area contributed by atoms with Gasteiger partial charge < -0.3 is 24.8 Å². The van der Waals surface area contributed by atoms with Gasteiger partial charge in [-0.25, -0.2) is 0 Å². The summed E-state index contributed by atoms with van der Waals surface area (Å²) in [6.07, 6.45) is 6.89. The Morgan fingerprint density at radius 3 is 2.85 bits per heavy atom. The molecule has 0 bridgehead atoms. The predicted octanol–water partition coefficient (Wildman–Crippen LogP) is 6.16. The Bertz CT molecular complexity index is 1600. The van der Waals surface area contributed by atoms with Crippen LogP contribution in [0.1, 0.15) is 24.6 Å². The van der Waals surface area contributed by atoms with Gasteiger partial charge in [-0.2, -0.15) is 5.26 Å². The van der Waals surface area contributed by atoms with Crippen molar-refractivity contribution in [2.24, 2.45) is 0 Å². The second-order valence-corrected chi connectivity index (χ2v) is 9.40. The van der Waals surface area contributed by atoms with Gasteiger partial charge in [-0.3, -0.25) is 14.8 Å². The van der Waals surface area contributed by atoms with Crippen molar-refractivity contribution in [2.75, 3.05) is 23.8 Å². The summed E-state index contributed by atoms with van der Waals surface area (Å²) in [5.74, 6) is 0.674. The van der Waals surface area contributed by atoms with Crippen molar-refractivity contribution in [1.29, 1.82) is 5.26 Å². The van der Waals surface area contributed by atoms with Crippen LogP contribution in [0.3, 0.4) is 0 Å². The lowest BCUT2D eigenvalue weighted by Crippen LogP contribution is -2.18. The molecule has 1 amide bonds. The molecule has 0 aliphatic carbocycles. The molecule has 0 spiro atoms. The fourth-order valence-electron chi connectivity index (χ4n) is 4.22. The number of fused-ring (bicyclic) bond motifs is 1. The van der Waals surface area contributed by atoms with Gasteiger partial charge in [0.15, 0.2) is 0 Å². The van der Waals surface area contributed by atoms with E-state index < -0.39 is 0 Å². The van der Waals surface area contributed by atoms with Crippen LogP contribution in [0.2, 0.25) is 5.02 Å². The highest BCUT2D eigenvalue weighted by Crippen LogP contribution is 2.38. The SMILES string of the molecule is CC=CC(=O)Nc1cc2c(Nc3ccc(OCc4ccccn4)c(Cl)c3)c(C#N)cnc2cc1OC1CCOC1. The Balaban J connectivity index is 1.47. The number of allylic oxidation sites excluding steroid dienone is 1. The molecule has 2 aromatic heterocycles. The van der Waals surface area contributed by atoms with Crippen LogP contribution >= 0.6 is 11.6 Å². The third-order valence-electron chi connectivity index (χ3n) is 6.15. The molecule has 9 nitrogen and oxygen atoms in total. The number of hydrogen-bond acceptors (Lipinski definition) is 8. The summed E-state index contributed by atoms with van der Waals surface area (Å²) < 4.78 is 17.4. The zero-order chi connectivity index (χ0) is 27.9. The Labute approximate surface area is 236 Å². The predicted molar refractivity (Wildman–Crippen MR) is 153 cm³/mol. The molecule has 5 rings (SSSR count). The highest BCUT2D eigenvalue weighted by atomic mass is 35.5. The lowest BCUT2D eigenvalue weighted by molar-refractivity contribution is -0.111. The zero-order valence-corrected chi connectivity index (χ0v) is 22.4. The average molecular weight is 556 g/mol. The summed E-state index contributed by atoms with van der Waals surface area (Å²) in [5, 5.41) is 17.1. The molecule has 1 unspecified atom stereocenters. The molecule has 2 aromatic carbocycles. The van der Waals surface area contributed by atoms with E-state index in [1.807, 2.05) is 18.2 Å². The highest BCUT2D eigenvalue weighted by molar-refractivity contribution is 6.32. The number of halogens is 1. The maximum atomic E-state index is 12.5. The van der Waals surface area contributed by atoms with Gasteiger partial charge in [0.2, 0.25) is 5.91 Å². The summed E-state index contributed by atoms with van der Waals surface area (Å²) in [7, 11) is 0. The van der Waals surface area contributed by atoms with Crippen LogP contribution in [0.25, 0.3) is 10.9 Å². The number of rotatable bonds is 9. The maximum absolute atomic E-state index is 12.5. The molecule has 1 aliphatic heterocycles. The number of carbonyl (C=O) groups is 1. The monoisotopic (exact) mass is 555 g/mol. The first-order valence-electron chi connectivity index (χ1n) is 12.7. The van der Waals surface area contributed by atoms with Gasteiger partial charge in [0.1, 0.15) is 30.3 Å². The number of carbonyl (C=O) groups excluding carboxylic acids is 1. The lowest BCUT2D eigenvalue weighted by Gasteiger charge is -2.18. The van der Waals surface area contributed by atoms with Crippen LogP contribution in [0.4, 0.5) is 17.1 Å². The average Bonchev–Trinajstić information content (AvgIpc) is 3.47. The first-order valence-corrected chi connectivity index (χ1v) is 13.1. The van der Waals surface area contributed by atoms with Gasteiger partial charge in [-0.1, -0.05) is 23.7 Å². The Kier molecular flexibility index (Phi) is 8.40. The van der Waals surface area contributed by atoms with E-state index in [-0.39, 0.29) is 18.6 Å². The van der Waals surface area contributed by atoms with E-state index in [9.17, 15) is 10.1 Å². The summed E-state index contributed by atoms with van der Waals surface area (Å²) in [6.45, 7) is 3.13. The van der Waals surface area contributed by atoms with Crippen molar-refractivity contribution < 1.29 is 19.0 Å². The molecule has 1 aliphatic rings. The zero-order valence-electron chi connectivity index (χ0n) is 21.7. The molecule has 40 heavy (non-hydrogen) atoms. The summed E-state index contributed by atoms with van der Waals surface area (Å²) in [5.41, 5.74) is 3.30. The number of ether oxygens (including phenoxy) is 3. The minimum atomic E-state index is -0.304. The van der Waals surface area contributed by atoms with Gasteiger partial charge in [0, 0.05) is 36.0 Å². The maximum Gasteiger partial charge on any atom is 0.248 e. The van der Waals surface area contributed by atoms with Gasteiger partial charge in [-0.05, 0) is 49.4 Å². The topological polar surface area (TPSA) is 118 Å². The van der Waals surface area contributed by atoms with E-state index >= 15 is 0 Å². The van der Waals surface area contributed by atoms with Crippen molar-refractivity contribution in [1.82, 2.24) is 9.97 Å². The molecule has 1 saturated heterocycles. The molecule has 10 heteroatoms. The molecule has 4 aromatic rings. The van der Waals surface area contributed by atoms with Gasteiger partial charge in [0.25, 0.3) is 0 Å². The van der Waals surface area contributed by atoms with Crippen LogP contribution in [-0.4, -0.2) is 35.2 Å². The molecule has 202 valence electrons. The summed E-state index contributed by atoms with van der Waals surface area (Å²) in [4.78, 5) is 21.2. The fourth-order valence-corrected chi connectivity index (χ4v) is 4.46. The first kappa shape index (κ1) is 26.9. The van der Waals surface area contributed by atoms with Crippen molar-refractivity contribution in [3.8, 4) is 17.6 Å². The quantitative estimate of drug-likeness (QED) is 0.236.